The summed E-state index contributed by atoms with van der Waals surface area (Å²) in [5.74, 6) is 1.13. The molecule has 0 unspecified atom stereocenters. The van der Waals surface area contributed by atoms with Crippen LogP contribution in [0.4, 0.5) is 5.82 Å². The number of amides is 1. The summed E-state index contributed by atoms with van der Waals surface area (Å²) in [6, 6.07) is 11.2. The van der Waals surface area contributed by atoms with Crippen molar-refractivity contribution in [1.29, 1.82) is 0 Å². The molecule has 0 aliphatic carbocycles. The Balaban J connectivity index is 1.55. The van der Waals surface area contributed by atoms with Crippen molar-refractivity contribution in [3.63, 3.8) is 0 Å². The van der Waals surface area contributed by atoms with Crippen molar-refractivity contribution in [2.24, 2.45) is 0 Å². The number of nitrogens with one attached hydrogen (secondary N) is 2. The molecular weight excluding hydrogens is 432 g/mol. The monoisotopic (exact) mass is 458 g/mol. The molecule has 0 aliphatic rings. The second-order valence-corrected chi connectivity index (χ2v) is 7.78. The Labute approximate surface area is 197 Å². The number of nitrogens with zero attached hydrogens (tertiary/aromatic N) is 4. The minimum absolute atomic E-state index is 0.0974. The van der Waals surface area contributed by atoms with Crippen molar-refractivity contribution in [2.45, 2.75) is 19.4 Å². The van der Waals surface area contributed by atoms with Crippen molar-refractivity contribution in [1.82, 2.24) is 25.3 Å². The van der Waals surface area contributed by atoms with Gasteiger partial charge in [0, 0.05) is 48.9 Å². The van der Waals surface area contributed by atoms with Crippen molar-refractivity contribution >= 4 is 22.6 Å². The molecule has 0 bridgehead atoms. The summed E-state index contributed by atoms with van der Waals surface area (Å²) >= 11 is 0. The Morgan fingerprint density at radius 3 is 2.76 bits per heavy atom. The molecule has 174 valence electrons. The number of aromatic nitrogens is 4. The predicted molar refractivity (Wildman–Crippen MR) is 130 cm³/mol. The highest BCUT2D eigenvalue weighted by Gasteiger charge is 2.15. The molecule has 1 aromatic carbocycles. The van der Waals surface area contributed by atoms with Crippen LogP contribution < -0.4 is 15.4 Å². The van der Waals surface area contributed by atoms with E-state index in [0.29, 0.717) is 35.1 Å². The molecule has 4 rings (SSSR count). The maximum absolute atomic E-state index is 12.3. The van der Waals surface area contributed by atoms with Gasteiger partial charge in [0.1, 0.15) is 23.6 Å². The second-order valence-electron chi connectivity index (χ2n) is 7.78. The van der Waals surface area contributed by atoms with E-state index in [9.17, 15) is 9.90 Å². The first-order valence-corrected chi connectivity index (χ1v) is 10.9. The van der Waals surface area contributed by atoms with Crippen LogP contribution in [0.15, 0.2) is 55.1 Å². The SMILES string of the molecule is CNC(=O)c1ccnc2c([C@H](C)CNc3cc(-c4cnc(CO)c(OC)c4)ncn3)cccc12. The number of ether oxygens (including phenoxy) is 1. The molecule has 0 radical (unpaired) electrons. The predicted octanol–water partition coefficient (Wildman–Crippen LogP) is 3.16. The lowest BCUT2D eigenvalue weighted by Gasteiger charge is -2.16. The molecule has 0 spiro atoms. The van der Waals surface area contributed by atoms with Crippen LogP contribution >= 0.6 is 0 Å². The molecule has 4 aromatic rings. The van der Waals surface area contributed by atoms with Gasteiger partial charge in [0.2, 0.25) is 0 Å². The van der Waals surface area contributed by atoms with Gasteiger partial charge >= 0.3 is 0 Å². The topological polar surface area (TPSA) is 122 Å². The number of rotatable bonds is 8. The first-order valence-electron chi connectivity index (χ1n) is 10.9. The third-order valence-electron chi connectivity index (χ3n) is 5.66. The third-order valence-corrected chi connectivity index (χ3v) is 5.66. The molecule has 3 aromatic heterocycles. The van der Waals surface area contributed by atoms with E-state index >= 15 is 0 Å². The van der Waals surface area contributed by atoms with Crippen LogP contribution in [0, 0.1) is 0 Å². The van der Waals surface area contributed by atoms with E-state index in [4.69, 9.17) is 4.74 Å². The van der Waals surface area contributed by atoms with Gasteiger partial charge in [0.15, 0.2) is 0 Å². The average molecular weight is 459 g/mol. The van der Waals surface area contributed by atoms with Crippen LogP contribution in [-0.4, -0.2) is 51.7 Å². The molecule has 1 atom stereocenters. The number of aliphatic hydroxyl groups is 1. The average Bonchev–Trinajstić information content (AvgIpc) is 2.90. The number of benzene rings is 1. The Kier molecular flexibility index (Phi) is 6.93. The fraction of sp³-hybridized carbons (Fsp3) is 0.240. The molecule has 0 saturated carbocycles. The Bertz CT molecular complexity index is 1330. The van der Waals surface area contributed by atoms with E-state index < -0.39 is 0 Å². The van der Waals surface area contributed by atoms with Gasteiger partial charge in [-0.25, -0.2) is 9.97 Å². The van der Waals surface area contributed by atoms with Gasteiger partial charge in [-0.3, -0.25) is 14.8 Å². The maximum Gasteiger partial charge on any atom is 0.251 e. The van der Waals surface area contributed by atoms with Gasteiger partial charge in [0.05, 0.1) is 30.5 Å². The number of aliphatic hydroxyl groups excluding tert-OH is 1. The Morgan fingerprint density at radius 2 is 2.00 bits per heavy atom. The largest absolute Gasteiger partial charge is 0.495 e. The lowest BCUT2D eigenvalue weighted by Crippen LogP contribution is -2.18. The second kappa shape index (κ2) is 10.2. The molecule has 0 aliphatic heterocycles. The normalized spacial score (nSPS) is 11.8. The van der Waals surface area contributed by atoms with Gasteiger partial charge in [-0.1, -0.05) is 25.1 Å². The quantitative estimate of drug-likeness (QED) is 0.368. The van der Waals surface area contributed by atoms with Crippen LogP contribution in [0.5, 0.6) is 5.75 Å². The van der Waals surface area contributed by atoms with Gasteiger partial charge in [-0.15, -0.1) is 0 Å². The Hall–Kier alpha value is -4.11. The first kappa shape index (κ1) is 23.1. The lowest BCUT2D eigenvalue weighted by atomic mass is 9.96. The van der Waals surface area contributed by atoms with Crippen molar-refractivity contribution < 1.29 is 14.6 Å². The zero-order valence-corrected chi connectivity index (χ0v) is 19.2. The number of carbonyl (C=O) groups excluding carboxylic acids is 1. The van der Waals surface area contributed by atoms with E-state index in [2.05, 4.69) is 37.5 Å². The number of para-hydroxylation sites is 1. The van der Waals surface area contributed by atoms with Gasteiger partial charge < -0.3 is 20.5 Å². The number of carbonyl (C=O) groups is 1. The van der Waals surface area contributed by atoms with E-state index in [0.717, 1.165) is 22.0 Å². The first-order chi connectivity index (χ1) is 16.5. The van der Waals surface area contributed by atoms with Crippen molar-refractivity contribution in [3.05, 3.63) is 71.9 Å². The molecule has 0 fully saturated rings. The van der Waals surface area contributed by atoms with Gasteiger partial charge in [-0.05, 0) is 17.7 Å². The smallest absolute Gasteiger partial charge is 0.251 e. The summed E-state index contributed by atoms with van der Waals surface area (Å²) in [6.07, 6.45) is 4.80. The molecule has 34 heavy (non-hydrogen) atoms. The molecule has 9 heteroatoms. The highest BCUT2D eigenvalue weighted by molar-refractivity contribution is 6.06. The highest BCUT2D eigenvalue weighted by Crippen LogP contribution is 2.28. The van der Waals surface area contributed by atoms with Crippen molar-refractivity contribution in [3.8, 4) is 17.0 Å². The van der Waals surface area contributed by atoms with E-state index in [1.807, 2.05) is 24.3 Å². The third kappa shape index (κ3) is 4.65. The van der Waals surface area contributed by atoms with Crippen LogP contribution in [0.2, 0.25) is 0 Å². The molecule has 9 nitrogen and oxygen atoms in total. The van der Waals surface area contributed by atoms with Crippen LogP contribution in [0.3, 0.4) is 0 Å². The zero-order valence-electron chi connectivity index (χ0n) is 19.2. The Morgan fingerprint density at radius 1 is 1.15 bits per heavy atom. The number of hydrogen-bond donors (Lipinski definition) is 3. The summed E-state index contributed by atoms with van der Waals surface area (Å²) in [5.41, 5.74) is 4.36. The summed E-state index contributed by atoms with van der Waals surface area (Å²) < 4.78 is 5.31. The lowest BCUT2D eigenvalue weighted by molar-refractivity contribution is 0.0964. The fourth-order valence-electron chi connectivity index (χ4n) is 3.82. The van der Waals surface area contributed by atoms with Crippen LogP contribution in [0.25, 0.3) is 22.2 Å². The number of pyridine rings is 2. The highest BCUT2D eigenvalue weighted by atomic mass is 16.5. The van der Waals surface area contributed by atoms with Crippen LogP contribution in [-0.2, 0) is 6.61 Å². The molecule has 3 heterocycles. The molecule has 1 amide bonds. The van der Waals surface area contributed by atoms with Crippen LogP contribution in [0.1, 0.15) is 34.5 Å². The van der Waals surface area contributed by atoms with Gasteiger partial charge in [-0.2, -0.15) is 0 Å². The molecule has 3 N–H and O–H groups in total. The maximum atomic E-state index is 12.3. The minimum Gasteiger partial charge on any atom is -0.495 e. The summed E-state index contributed by atoms with van der Waals surface area (Å²) in [7, 11) is 3.15. The number of hydrogen-bond acceptors (Lipinski definition) is 8. The standard InChI is InChI=1S/C25H26N6O3/c1-15(17-5-4-6-18-19(25(33)26-2)7-8-27-24(17)18)11-29-23-10-20(30-14-31-23)16-9-22(34-3)21(13-32)28-12-16/h4-10,12,14-15,32H,11,13H2,1-3H3,(H,26,33)(H,29,30,31)/t15-/m1/s1. The number of anilines is 1. The zero-order chi connectivity index (χ0) is 24.1. The summed E-state index contributed by atoms with van der Waals surface area (Å²) in [4.78, 5) is 29.7. The molecular formula is C25H26N6O3. The van der Waals surface area contributed by atoms with E-state index in [1.54, 1.807) is 31.6 Å². The fourth-order valence-corrected chi connectivity index (χ4v) is 3.82. The number of fused-ring (bicyclic) bond motifs is 1. The number of methoxy groups -OCH3 is 1. The minimum atomic E-state index is -0.203. The molecule has 0 saturated heterocycles. The van der Waals surface area contributed by atoms with E-state index in [1.165, 1.54) is 13.4 Å². The van der Waals surface area contributed by atoms with E-state index in [-0.39, 0.29) is 18.4 Å². The summed E-state index contributed by atoms with van der Waals surface area (Å²) in [5, 5.41) is 16.3. The summed E-state index contributed by atoms with van der Waals surface area (Å²) in [6.45, 7) is 2.50. The van der Waals surface area contributed by atoms with Gasteiger partial charge in [0.25, 0.3) is 5.91 Å². The van der Waals surface area contributed by atoms with Crippen molar-refractivity contribution in [2.75, 3.05) is 26.0 Å².